The molecule has 23 heavy (non-hydrogen) atoms. The molecule has 0 bridgehead atoms. The van der Waals surface area contributed by atoms with E-state index < -0.39 is 18.1 Å². The molecule has 1 aromatic carbocycles. The van der Waals surface area contributed by atoms with Crippen molar-refractivity contribution in [3.63, 3.8) is 0 Å². The average molecular weight is 320 g/mol. The molecule has 1 aliphatic rings. The van der Waals surface area contributed by atoms with Crippen molar-refractivity contribution in [2.45, 2.75) is 25.5 Å². The number of ether oxygens (including phenoxy) is 1. The molecule has 1 aliphatic heterocycles. The van der Waals surface area contributed by atoms with Gasteiger partial charge in [-0.1, -0.05) is 30.3 Å². The molecule has 124 valence electrons. The van der Waals surface area contributed by atoms with Gasteiger partial charge in [-0.05, 0) is 18.4 Å². The first-order valence-corrected chi connectivity index (χ1v) is 7.43. The lowest BCUT2D eigenvalue weighted by molar-refractivity contribution is -0.148. The number of carbonyl (C=O) groups is 3. The number of likely N-dealkylation sites (tertiary alicyclic amines) is 1. The van der Waals surface area contributed by atoms with Crippen LogP contribution in [0, 0.1) is 0 Å². The van der Waals surface area contributed by atoms with Crippen LogP contribution in [0.25, 0.3) is 0 Å². The zero-order valence-corrected chi connectivity index (χ0v) is 13.0. The summed E-state index contributed by atoms with van der Waals surface area (Å²) < 4.78 is 5.21. The molecule has 2 rings (SSSR count). The maximum Gasteiger partial charge on any atom is 0.410 e. The fraction of sp³-hybridized carbons (Fsp3) is 0.438. The minimum atomic E-state index is -1.06. The van der Waals surface area contributed by atoms with E-state index in [9.17, 15) is 14.4 Å². The van der Waals surface area contributed by atoms with Crippen molar-refractivity contribution in [3.05, 3.63) is 35.9 Å². The smallest absolute Gasteiger partial charge is 0.410 e. The number of piperidine rings is 1. The summed E-state index contributed by atoms with van der Waals surface area (Å²) in [5, 5.41) is 8.83. The van der Waals surface area contributed by atoms with E-state index in [1.807, 2.05) is 30.3 Å². The molecular weight excluding hydrogens is 300 g/mol. The maximum atomic E-state index is 12.3. The predicted octanol–water partition coefficient (Wildman–Crippen LogP) is 1.33. The Hall–Kier alpha value is -2.57. The van der Waals surface area contributed by atoms with Gasteiger partial charge in [0.15, 0.2) is 0 Å². The summed E-state index contributed by atoms with van der Waals surface area (Å²) in [6, 6.07) is 8.57. The Balaban J connectivity index is 1.92. The Morgan fingerprint density at radius 1 is 1.35 bits per heavy atom. The molecule has 0 radical (unpaired) electrons. The Labute approximate surface area is 134 Å². The molecule has 0 aliphatic carbocycles. The van der Waals surface area contributed by atoms with E-state index in [4.69, 9.17) is 9.84 Å². The maximum absolute atomic E-state index is 12.3. The van der Waals surface area contributed by atoms with Crippen LogP contribution in [0.5, 0.6) is 0 Å². The number of hydrogen-bond acceptors (Lipinski definition) is 4. The lowest BCUT2D eigenvalue weighted by Gasteiger charge is -2.35. The average Bonchev–Trinajstić information content (AvgIpc) is 2.54. The van der Waals surface area contributed by atoms with Crippen LogP contribution in [0.15, 0.2) is 30.3 Å². The van der Waals surface area contributed by atoms with Gasteiger partial charge in [0.2, 0.25) is 5.91 Å². The van der Waals surface area contributed by atoms with Gasteiger partial charge in [-0.25, -0.2) is 4.79 Å². The third kappa shape index (κ3) is 4.45. The van der Waals surface area contributed by atoms with Gasteiger partial charge in [0, 0.05) is 13.6 Å². The topological polar surface area (TPSA) is 87.2 Å². The number of rotatable bonds is 5. The third-order valence-electron chi connectivity index (χ3n) is 3.79. The summed E-state index contributed by atoms with van der Waals surface area (Å²) in [4.78, 5) is 37.7. The summed E-state index contributed by atoms with van der Waals surface area (Å²) >= 11 is 0. The highest BCUT2D eigenvalue weighted by molar-refractivity contribution is 5.88. The van der Waals surface area contributed by atoms with Gasteiger partial charge < -0.3 is 14.7 Å². The second-order valence-corrected chi connectivity index (χ2v) is 5.46. The third-order valence-corrected chi connectivity index (χ3v) is 3.79. The van der Waals surface area contributed by atoms with Crippen molar-refractivity contribution in [2.24, 2.45) is 0 Å². The highest BCUT2D eigenvalue weighted by Gasteiger charge is 2.35. The summed E-state index contributed by atoms with van der Waals surface area (Å²) in [5.41, 5.74) is 0.858. The number of likely N-dealkylation sites (N-methyl/N-ethyl adjacent to an activating group) is 1. The van der Waals surface area contributed by atoms with Crippen molar-refractivity contribution in [1.29, 1.82) is 0 Å². The summed E-state index contributed by atoms with van der Waals surface area (Å²) in [6.45, 7) is 0.181. The lowest BCUT2D eigenvalue weighted by atomic mass is 10.0. The summed E-state index contributed by atoms with van der Waals surface area (Å²) in [5.74, 6) is -1.41. The number of benzene rings is 1. The van der Waals surface area contributed by atoms with Crippen LogP contribution in [-0.4, -0.2) is 59.1 Å². The SMILES string of the molecule is CN(C(=O)OCc1ccccc1)C1CCCN(CC(=O)O)C1=O. The zero-order chi connectivity index (χ0) is 16.8. The van der Waals surface area contributed by atoms with E-state index >= 15 is 0 Å². The first kappa shape index (κ1) is 16.8. The minimum Gasteiger partial charge on any atom is -0.480 e. The van der Waals surface area contributed by atoms with Crippen LogP contribution < -0.4 is 0 Å². The molecule has 7 nitrogen and oxygen atoms in total. The van der Waals surface area contributed by atoms with E-state index in [0.717, 1.165) is 5.56 Å². The van der Waals surface area contributed by atoms with Gasteiger partial charge in [-0.3, -0.25) is 14.5 Å². The lowest BCUT2D eigenvalue weighted by Crippen LogP contribution is -2.53. The van der Waals surface area contributed by atoms with Gasteiger partial charge in [0.25, 0.3) is 0 Å². The Bertz CT molecular complexity index is 575. The fourth-order valence-electron chi connectivity index (χ4n) is 2.55. The quantitative estimate of drug-likeness (QED) is 0.884. The molecule has 1 atom stereocenters. The second-order valence-electron chi connectivity index (χ2n) is 5.46. The summed E-state index contributed by atoms with van der Waals surface area (Å²) in [7, 11) is 1.50. The van der Waals surface area contributed by atoms with E-state index in [-0.39, 0.29) is 19.1 Å². The number of carbonyl (C=O) groups excluding carboxylic acids is 2. The molecule has 1 unspecified atom stereocenters. The van der Waals surface area contributed by atoms with Gasteiger partial charge in [-0.15, -0.1) is 0 Å². The molecule has 0 spiro atoms. The number of nitrogens with zero attached hydrogens (tertiary/aromatic N) is 2. The van der Waals surface area contributed by atoms with E-state index in [1.54, 1.807) is 0 Å². The van der Waals surface area contributed by atoms with Crippen molar-refractivity contribution in [1.82, 2.24) is 9.80 Å². The predicted molar refractivity (Wildman–Crippen MR) is 81.6 cm³/mol. The molecule has 1 fully saturated rings. The Kier molecular flexibility index (Phi) is 5.56. The van der Waals surface area contributed by atoms with Crippen LogP contribution in [0.1, 0.15) is 18.4 Å². The Morgan fingerprint density at radius 2 is 2.04 bits per heavy atom. The first-order chi connectivity index (χ1) is 11.0. The van der Waals surface area contributed by atoms with E-state index in [2.05, 4.69) is 0 Å². The van der Waals surface area contributed by atoms with Crippen LogP contribution in [0.2, 0.25) is 0 Å². The number of aliphatic carboxylic acids is 1. The zero-order valence-electron chi connectivity index (χ0n) is 13.0. The van der Waals surface area contributed by atoms with Crippen LogP contribution in [0.4, 0.5) is 4.79 Å². The molecular formula is C16H20N2O5. The van der Waals surface area contributed by atoms with Gasteiger partial charge >= 0.3 is 12.1 Å². The molecule has 7 heteroatoms. The molecule has 0 aromatic heterocycles. The normalized spacial score (nSPS) is 17.7. The minimum absolute atomic E-state index is 0.129. The molecule has 0 saturated carbocycles. The number of amides is 2. The van der Waals surface area contributed by atoms with Crippen LogP contribution in [0.3, 0.4) is 0 Å². The van der Waals surface area contributed by atoms with Crippen molar-refractivity contribution in [3.8, 4) is 0 Å². The van der Waals surface area contributed by atoms with Gasteiger partial charge in [0.05, 0.1) is 0 Å². The summed E-state index contributed by atoms with van der Waals surface area (Å²) in [6.07, 6.45) is 0.565. The van der Waals surface area contributed by atoms with Crippen LogP contribution in [-0.2, 0) is 20.9 Å². The largest absolute Gasteiger partial charge is 0.480 e. The molecule has 1 heterocycles. The van der Waals surface area contributed by atoms with Gasteiger partial charge in [-0.2, -0.15) is 0 Å². The second kappa shape index (κ2) is 7.62. The number of carboxylic acids is 1. The van der Waals surface area contributed by atoms with Crippen molar-refractivity contribution in [2.75, 3.05) is 20.1 Å². The Morgan fingerprint density at radius 3 is 2.70 bits per heavy atom. The van der Waals surface area contributed by atoms with Crippen LogP contribution >= 0.6 is 0 Å². The van der Waals surface area contributed by atoms with Crippen molar-refractivity contribution >= 4 is 18.0 Å². The fourth-order valence-corrected chi connectivity index (χ4v) is 2.55. The molecule has 1 N–H and O–H groups in total. The number of carboxylic acid groups (broad SMARTS) is 1. The highest BCUT2D eigenvalue weighted by atomic mass is 16.6. The van der Waals surface area contributed by atoms with E-state index in [1.165, 1.54) is 16.8 Å². The van der Waals surface area contributed by atoms with Crippen molar-refractivity contribution < 1.29 is 24.2 Å². The molecule has 2 amide bonds. The van der Waals surface area contributed by atoms with Gasteiger partial charge in [0.1, 0.15) is 19.2 Å². The molecule has 1 aromatic rings. The first-order valence-electron chi connectivity index (χ1n) is 7.43. The number of hydrogen-bond donors (Lipinski definition) is 1. The highest BCUT2D eigenvalue weighted by Crippen LogP contribution is 2.17. The van der Waals surface area contributed by atoms with E-state index in [0.29, 0.717) is 19.4 Å². The standard InChI is InChI=1S/C16H20N2O5/c1-17(16(22)23-11-12-6-3-2-4-7-12)13-8-5-9-18(15(13)21)10-14(19)20/h2-4,6-7,13H,5,8-11H2,1H3,(H,19,20). The monoisotopic (exact) mass is 320 g/mol. The molecule has 1 saturated heterocycles.